The Morgan fingerprint density at radius 1 is 1.41 bits per heavy atom. The largest absolute Gasteiger partial charge is 0.369 e. The topological polar surface area (TPSA) is 87.7 Å². The number of nitrogens with zero attached hydrogens (tertiary/aromatic N) is 2. The third-order valence-corrected chi connectivity index (χ3v) is 4.85. The monoisotopic (exact) mass is 252 g/mol. The van der Waals surface area contributed by atoms with Gasteiger partial charge in [0.15, 0.2) is 9.84 Å². The molecule has 0 radical (unpaired) electrons. The lowest BCUT2D eigenvalue weighted by molar-refractivity contribution is 0.532. The van der Waals surface area contributed by atoms with E-state index in [-0.39, 0.29) is 17.4 Å². The summed E-state index contributed by atoms with van der Waals surface area (Å²) < 4.78 is 22.0. The fourth-order valence-electron chi connectivity index (χ4n) is 2.04. The molecule has 0 amide bonds. The Hall–Kier alpha value is -1.63. The lowest BCUT2D eigenvalue weighted by Crippen LogP contribution is -2.40. The van der Waals surface area contributed by atoms with Crippen LogP contribution in [0.4, 0.5) is 5.82 Å². The summed E-state index contributed by atoms with van der Waals surface area (Å²) in [5.41, 5.74) is 0.781. The summed E-state index contributed by atoms with van der Waals surface area (Å²) in [7, 11) is -2.75. The Morgan fingerprint density at radius 3 is 3.00 bits per heavy atom. The minimum Gasteiger partial charge on any atom is -0.369 e. The van der Waals surface area contributed by atoms with E-state index in [1.807, 2.05) is 6.07 Å². The van der Waals surface area contributed by atoms with Crippen LogP contribution in [0.5, 0.6) is 0 Å². The molecule has 2 N–H and O–H groups in total. The molecule has 1 fully saturated rings. The zero-order chi connectivity index (χ0) is 11.9. The van der Waals surface area contributed by atoms with Crippen molar-refractivity contribution < 1.29 is 8.42 Å². The van der Waals surface area contributed by atoms with Crippen molar-refractivity contribution in [1.82, 2.24) is 15.0 Å². The van der Waals surface area contributed by atoms with Crippen LogP contribution >= 0.6 is 0 Å². The molecule has 1 saturated heterocycles. The summed E-state index contributed by atoms with van der Waals surface area (Å²) in [5, 5.41) is 4.10. The van der Waals surface area contributed by atoms with Crippen LogP contribution in [0, 0.1) is 5.92 Å². The van der Waals surface area contributed by atoms with Crippen LogP contribution in [-0.2, 0) is 9.84 Å². The van der Waals surface area contributed by atoms with Crippen LogP contribution in [0.2, 0.25) is 0 Å². The molecule has 0 bridgehead atoms. The molecule has 3 rings (SSSR count). The maximum Gasteiger partial charge on any atom is 0.151 e. The van der Waals surface area contributed by atoms with Crippen LogP contribution < -0.4 is 5.32 Å². The normalized spacial score (nSPS) is 19.1. The number of hydrogen-bond donors (Lipinski definition) is 2. The van der Waals surface area contributed by atoms with Crippen molar-refractivity contribution in [2.24, 2.45) is 5.92 Å². The summed E-state index contributed by atoms with van der Waals surface area (Å²) in [6, 6.07) is 1.90. The summed E-state index contributed by atoms with van der Waals surface area (Å²) in [6.07, 6.45) is 3.29. The Balaban J connectivity index is 1.71. The van der Waals surface area contributed by atoms with E-state index in [2.05, 4.69) is 20.3 Å². The van der Waals surface area contributed by atoms with Crippen molar-refractivity contribution in [3.8, 4) is 0 Å². The number of aromatic amines is 1. The molecule has 0 saturated carbocycles. The Bertz CT molecular complexity index is 637. The summed E-state index contributed by atoms with van der Waals surface area (Å²) >= 11 is 0. The quantitative estimate of drug-likeness (QED) is 0.826. The zero-order valence-corrected chi connectivity index (χ0v) is 9.87. The SMILES string of the molecule is O=S1(=O)CC(CNc2ncnc3[nH]ccc23)C1. The first-order valence-corrected chi connectivity index (χ1v) is 7.18. The predicted molar refractivity (Wildman–Crippen MR) is 64.5 cm³/mol. The molecule has 0 atom stereocenters. The Labute approximate surface area is 98.4 Å². The highest BCUT2D eigenvalue weighted by Gasteiger charge is 2.32. The summed E-state index contributed by atoms with van der Waals surface area (Å²) in [4.78, 5) is 11.2. The average molecular weight is 252 g/mol. The van der Waals surface area contributed by atoms with E-state index >= 15 is 0 Å². The number of nitrogens with one attached hydrogen (secondary N) is 2. The predicted octanol–water partition coefficient (Wildman–Crippen LogP) is 0.414. The maximum atomic E-state index is 11.0. The van der Waals surface area contributed by atoms with Crippen molar-refractivity contribution >= 4 is 26.7 Å². The number of hydrogen-bond acceptors (Lipinski definition) is 5. The number of anilines is 1. The van der Waals surface area contributed by atoms with Crippen LogP contribution in [0.15, 0.2) is 18.6 Å². The molecule has 0 unspecified atom stereocenters. The van der Waals surface area contributed by atoms with Gasteiger partial charge in [0.25, 0.3) is 0 Å². The van der Waals surface area contributed by atoms with Gasteiger partial charge in [-0.05, 0) is 6.07 Å². The second-order valence-electron chi connectivity index (χ2n) is 4.29. The molecule has 3 heterocycles. The molecule has 17 heavy (non-hydrogen) atoms. The third kappa shape index (κ3) is 1.97. The fourth-order valence-corrected chi connectivity index (χ4v) is 3.62. The van der Waals surface area contributed by atoms with Crippen molar-refractivity contribution in [3.05, 3.63) is 18.6 Å². The fraction of sp³-hybridized carbons (Fsp3) is 0.400. The van der Waals surface area contributed by atoms with Gasteiger partial charge in [-0.15, -0.1) is 0 Å². The van der Waals surface area contributed by atoms with E-state index in [4.69, 9.17) is 0 Å². The Morgan fingerprint density at radius 2 is 2.24 bits per heavy atom. The van der Waals surface area contributed by atoms with E-state index in [1.165, 1.54) is 6.33 Å². The smallest absolute Gasteiger partial charge is 0.151 e. The standard InChI is InChI=1S/C10H12N4O2S/c15-17(16)4-7(5-17)3-12-10-8-1-2-11-9(8)13-6-14-10/h1-2,6-7H,3-5H2,(H2,11,12,13,14). The highest BCUT2D eigenvalue weighted by atomic mass is 32.2. The second-order valence-corrected chi connectivity index (χ2v) is 6.44. The van der Waals surface area contributed by atoms with Gasteiger partial charge in [-0.25, -0.2) is 18.4 Å². The van der Waals surface area contributed by atoms with Crippen molar-refractivity contribution in [2.75, 3.05) is 23.4 Å². The van der Waals surface area contributed by atoms with Gasteiger partial charge >= 0.3 is 0 Å². The third-order valence-electron chi connectivity index (χ3n) is 2.89. The molecular formula is C10H12N4O2S. The van der Waals surface area contributed by atoms with Crippen molar-refractivity contribution in [1.29, 1.82) is 0 Å². The number of sulfone groups is 1. The number of H-pyrrole nitrogens is 1. The number of aromatic nitrogens is 3. The van der Waals surface area contributed by atoms with E-state index in [1.54, 1.807) is 6.20 Å². The summed E-state index contributed by atoms with van der Waals surface area (Å²) in [6.45, 7) is 0.635. The van der Waals surface area contributed by atoms with Crippen LogP contribution in [0.25, 0.3) is 11.0 Å². The van der Waals surface area contributed by atoms with E-state index in [9.17, 15) is 8.42 Å². The van der Waals surface area contributed by atoms with Gasteiger partial charge in [0.05, 0.1) is 16.9 Å². The van der Waals surface area contributed by atoms with Gasteiger partial charge in [0.1, 0.15) is 17.8 Å². The zero-order valence-electron chi connectivity index (χ0n) is 9.05. The highest BCUT2D eigenvalue weighted by molar-refractivity contribution is 7.92. The molecule has 2 aromatic heterocycles. The molecular weight excluding hydrogens is 240 g/mol. The minimum absolute atomic E-state index is 0.198. The second kappa shape index (κ2) is 3.69. The number of fused-ring (bicyclic) bond motifs is 1. The lowest BCUT2D eigenvalue weighted by Gasteiger charge is -2.25. The van der Waals surface area contributed by atoms with Crippen molar-refractivity contribution in [3.63, 3.8) is 0 Å². The van der Waals surface area contributed by atoms with Gasteiger partial charge in [0, 0.05) is 18.7 Å². The van der Waals surface area contributed by atoms with Gasteiger partial charge in [-0.3, -0.25) is 0 Å². The molecule has 2 aromatic rings. The molecule has 7 heteroatoms. The molecule has 1 aliphatic heterocycles. The van der Waals surface area contributed by atoms with Gasteiger partial charge < -0.3 is 10.3 Å². The van der Waals surface area contributed by atoms with E-state index in [0.29, 0.717) is 6.54 Å². The first kappa shape index (κ1) is 10.5. The minimum atomic E-state index is -2.75. The first-order chi connectivity index (χ1) is 8.14. The van der Waals surface area contributed by atoms with E-state index in [0.717, 1.165) is 16.9 Å². The lowest BCUT2D eigenvalue weighted by atomic mass is 10.2. The molecule has 1 aliphatic rings. The van der Waals surface area contributed by atoms with Crippen LogP contribution in [0.3, 0.4) is 0 Å². The van der Waals surface area contributed by atoms with Gasteiger partial charge in [0.2, 0.25) is 0 Å². The Kier molecular flexibility index (Phi) is 2.29. The number of rotatable bonds is 3. The van der Waals surface area contributed by atoms with Crippen LogP contribution in [-0.4, -0.2) is 41.4 Å². The van der Waals surface area contributed by atoms with Crippen LogP contribution in [0.1, 0.15) is 0 Å². The van der Waals surface area contributed by atoms with Gasteiger partial charge in [-0.2, -0.15) is 0 Å². The van der Waals surface area contributed by atoms with Gasteiger partial charge in [-0.1, -0.05) is 0 Å². The molecule has 0 aliphatic carbocycles. The van der Waals surface area contributed by atoms with E-state index < -0.39 is 9.84 Å². The molecule has 6 nitrogen and oxygen atoms in total. The highest BCUT2D eigenvalue weighted by Crippen LogP contribution is 2.21. The first-order valence-electron chi connectivity index (χ1n) is 5.36. The molecule has 90 valence electrons. The average Bonchev–Trinajstić information content (AvgIpc) is 2.71. The summed E-state index contributed by atoms with van der Waals surface area (Å²) in [5.74, 6) is 1.51. The van der Waals surface area contributed by atoms with Crippen molar-refractivity contribution in [2.45, 2.75) is 0 Å². The molecule has 0 aromatic carbocycles. The molecule has 0 spiro atoms. The maximum absolute atomic E-state index is 11.0.